The monoisotopic (exact) mass is 628 g/mol. The molecule has 1 aliphatic carbocycles. The third-order valence-corrected chi connectivity index (χ3v) is 7.20. The number of aryl methyl sites for hydroxylation is 1. The molecule has 0 aromatic carbocycles. The molecule has 1 aliphatic rings. The quantitative estimate of drug-likeness (QED) is 0.191. The second kappa shape index (κ2) is 14.1. The van der Waals surface area contributed by atoms with E-state index in [9.17, 15) is 44.3 Å². The van der Waals surface area contributed by atoms with Gasteiger partial charge in [-0.2, -0.15) is 44.6 Å². The Kier molecular flexibility index (Phi) is 11.2. The summed E-state index contributed by atoms with van der Waals surface area (Å²) in [7, 11) is 0. The largest absolute Gasteiger partial charge is 0.422 e. The van der Waals surface area contributed by atoms with Crippen LogP contribution in [-0.2, 0) is 25.2 Å². The Balaban J connectivity index is 1.59. The average Bonchev–Trinajstić information content (AvgIpc) is 3.32. The lowest BCUT2D eigenvalue weighted by molar-refractivity contribution is -0.151. The maximum atomic E-state index is 13.5. The Hall–Kier alpha value is -3.17. The minimum atomic E-state index is -4.97. The van der Waals surface area contributed by atoms with Gasteiger partial charge in [-0.1, -0.05) is 19.9 Å². The van der Waals surface area contributed by atoms with Gasteiger partial charge >= 0.3 is 18.5 Å². The number of H-pyrrole nitrogens is 1. The van der Waals surface area contributed by atoms with Crippen molar-refractivity contribution in [3.05, 3.63) is 63.2 Å². The Morgan fingerprint density at radius 1 is 0.977 bits per heavy atom. The Labute approximate surface area is 242 Å². The first-order chi connectivity index (χ1) is 20.0. The molecule has 16 heteroatoms. The second-order valence-corrected chi connectivity index (χ2v) is 10.4. The van der Waals surface area contributed by atoms with E-state index in [-0.39, 0.29) is 37.1 Å². The second-order valence-electron chi connectivity index (χ2n) is 10.4. The molecule has 1 unspecified atom stereocenters. The topological polar surface area (TPSA) is 78.0 Å². The van der Waals surface area contributed by atoms with Crippen molar-refractivity contribution in [2.45, 2.75) is 82.9 Å². The van der Waals surface area contributed by atoms with Gasteiger partial charge in [0.25, 0.3) is 5.56 Å². The van der Waals surface area contributed by atoms with Crippen LogP contribution >= 0.6 is 0 Å². The van der Waals surface area contributed by atoms with E-state index in [1.807, 2.05) is 11.8 Å². The summed E-state index contributed by atoms with van der Waals surface area (Å²) in [5.41, 5.74) is -3.78. The summed E-state index contributed by atoms with van der Waals surface area (Å²) in [6.07, 6.45) is -9.65. The number of aromatic nitrogens is 4. The van der Waals surface area contributed by atoms with Gasteiger partial charge < -0.3 is 4.90 Å². The van der Waals surface area contributed by atoms with Gasteiger partial charge in [-0.15, -0.1) is 0 Å². The molecule has 0 amide bonds. The predicted octanol–water partition coefficient (Wildman–Crippen LogP) is 6.48. The molecular formula is C27H33F9N6O. The molecule has 2 heterocycles. The minimum Gasteiger partial charge on any atom is -0.375 e. The first-order valence-corrected chi connectivity index (χ1v) is 13.8. The number of nitrogens with zero attached hydrogens (tertiary/aromatic N) is 5. The Morgan fingerprint density at radius 2 is 1.65 bits per heavy atom. The average molecular weight is 629 g/mol. The van der Waals surface area contributed by atoms with Crippen LogP contribution in [0.2, 0.25) is 0 Å². The summed E-state index contributed by atoms with van der Waals surface area (Å²) in [5.74, 6) is 0.294. The van der Waals surface area contributed by atoms with Crippen molar-refractivity contribution in [3.63, 3.8) is 0 Å². The van der Waals surface area contributed by atoms with Crippen LogP contribution in [0.15, 0.2) is 29.5 Å². The van der Waals surface area contributed by atoms with E-state index in [0.29, 0.717) is 50.3 Å². The van der Waals surface area contributed by atoms with E-state index in [1.54, 1.807) is 5.10 Å². The predicted molar refractivity (Wildman–Crippen MR) is 139 cm³/mol. The van der Waals surface area contributed by atoms with E-state index in [1.165, 1.54) is 0 Å². The molecule has 240 valence electrons. The molecule has 0 bridgehead atoms. The van der Waals surface area contributed by atoms with Crippen molar-refractivity contribution in [3.8, 4) is 0 Å². The molecule has 2 aromatic heterocycles. The lowest BCUT2D eigenvalue weighted by Crippen LogP contribution is -2.39. The van der Waals surface area contributed by atoms with Crippen LogP contribution in [-0.4, -0.2) is 62.3 Å². The number of nitrogens with one attached hydrogen (secondary N) is 1. The highest BCUT2D eigenvalue weighted by Gasteiger charge is 2.44. The minimum absolute atomic E-state index is 0.0490. The number of aromatic amines is 1. The molecular weight excluding hydrogens is 595 g/mol. The summed E-state index contributed by atoms with van der Waals surface area (Å²) >= 11 is 0. The van der Waals surface area contributed by atoms with Crippen molar-refractivity contribution >= 4 is 0 Å². The third-order valence-electron chi connectivity index (χ3n) is 7.20. The highest BCUT2D eigenvalue weighted by Crippen LogP contribution is 2.40. The highest BCUT2D eigenvalue weighted by atomic mass is 19.4. The zero-order valence-corrected chi connectivity index (χ0v) is 23.5. The summed E-state index contributed by atoms with van der Waals surface area (Å²) in [6.45, 7) is 5.59. The molecule has 1 N–H and O–H groups in total. The summed E-state index contributed by atoms with van der Waals surface area (Å²) in [4.78, 5) is 22.3. The lowest BCUT2D eigenvalue weighted by Gasteiger charge is -2.32. The van der Waals surface area contributed by atoms with Gasteiger partial charge in [0.15, 0.2) is 0 Å². The molecule has 0 aliphatic heterocycles. The number of rotatable bonds is 14. The third kappa shape index (κ3) is 9.66. The van der Waals surface area contributed by atoms with Crippen LogP contribution in [0.25, 0.3) is 0 Å². The zero-order valence-electron chi connectivity index (χ0n) is 23.5. The summed E-state index contributed by atoms with van der Waals surface area (Å²) in [6, 6.07) is -1.06. The lowest BCUT2D eigenvalue weighted by atomic mass is 10.1. The fourth-order valence-corrected chi connectivity index (χ4v) is 5.20. The molecule has 0 spiro atoms. The van der Waals surface area contributed by atoms with Gasteiger partial charge in [0.2, 0.25) is 0 Å². The van der Waals surface area contributed by atoms with Crippen LogP contribution in [0, 0.1) is 0 Å². The van der Waals surface area contributed by atoms with E-state index in [0.717, 1.165) is 23.7 Å². The normalized spacial score (nSPS) is 15.7. The number of hydrogen-bond acceptors (Lipinski definition) is 6. The summed E-state index contributed by atoms with van der Waals surface area (Å²) in [5, 5.41) is 5.51. The fourth-order valence-electron chi connectivity index (χ4n) is 5.20. The summed E-state index contributed by atoms with van der Waals surface area (Å²) < 4.78 is 119. The van der Waals surface area contributed by atoms with Gasteiger partial charge in [-0.25, -0.2) is 15.1 Å². The van der Waals surface area contributed by atoms with Gasteiger partial charge in [-0.3, -0.25) is 9.69 Å². The SMILES string of the molecule is C=C(CCN(CC(F)(F)F)C1CCc2c1n[nH]c(=O)c2C(F)(F)F)N(CCC)CCCCCc1ncc(C(F)(F)F)cn1. The number of unbranched alkanes of at least 4 members (excludes halogenated alkanes) is 2. The Bertz CT molecular complexity index is 1270. The van der Waals surface area contributed by atoms with Gasteiger partial charge in [0, 0.05) is 44.1 Å². The van der Waals surface area contributed by atoms with Gasteiger partial charge in [0.1, 0.15) is 11.4 Å². The standard InChI is InChI=1S/C27H33F9N6O/c1-3-11-41(12-6-4-5-7-21-37-14-18(15-38-21)26(31,32)33)17(2)10-13-42(16-25(28,29)30)20-9-8-19-22(27(34,35)36)24(43)40-39-23(19)20/h14-15,20H,2-13,16H2,1H3,(H,40,43). The molecule has 43 heavy (non-hydrogen) atoms. The fraction of sp³-hybridized carbons (Fsp3) is 0.630. The molecule has 0 saturated heterocycles. The van der Waals surface area contributed by atoms with Crippen molar-refractivity contribution in [2.75, 3.05) is 26.2 Å². The molecule has 0 saturated carbocycles. The van der Waals surface area contributed by atoms with E-state index in [4.69, 9.17) is 0 Å². The van der Waals surface area contributed by atoms with Crippen molar-refractivity contribution < 1.29 is 39.5 Å². The maximum Gasteiger partial charge on any atom is 0.422 e. The first-order valence-electron chi connectivity index (χ1n) is 13.8. The highest BCUT2D eigenvalue weighted by molar-refractivity contribution is 5.36. The first kappa shape index (κ1) is 34.3. The van der Waals surface area contributed by atoms with Gasteiger partial charge in [-0.05, 0) is 44.1 Å². The van der Waals surface area contributed by atoms with Gasteiger partial charge in [0.05, 0.1) is 23.8 Å². The van der Waals surface area contributed by atoms with Crippen LogP contribution in [0.4, 0.5) is 39.5 Å². The smallest absolute Gasteiger partial charge is 0.375 e. The van der Waals surface area contributed by atoms with E-state index >= 15 is 0 Å². The molecule has 0 fully saturated rings. The molecule has 1 atom stereocenters. The van der Waals surface area contributed by atoms with Crippen LogP contribution < -0.4 is 5.56 Å². The van der Waals surface area contributed by atoms with E-state index < -0.39 is 47.8 Å². The van der Waals surface area contributed by atoms with Crippen LogP contribution in [0.3, 0.4) is 0 Å². The van der Waals surface area contributed by atoms with Crippen molar-refractivity contribution in [1.82, 2.24) is 30.0 Å². The van der Waals surface area contributed by atoms with Crippen LogP contribution in [0.5, 0.6) is 0 Å². The number of hydrogen-bond donors (Lipinski definition) is 1. The maximum absolute atomic E-state index is 13.5. The van der Waals surface area contributed by atoms with E-state index in [2.05, 4.69) is 21.6 Å². The molecule has 2 aromatic rings. The van der Waals surface area contributed by atoms with Crippen LogP contribution in [0.1, 0.15) is 79.7 Å². The molecule has 7 nitrogen and oxygen atoms in total. The number of halogens is 9. The molecule has 0 radical (unpaired) electrons. The number of fused-ring (bicyclic) bond motifs is 1. The number of alkyl halides is 9. The zero-order chi connectivity index (χ0) is 32.0. The molecule has 3 rings (SSSR count). The van der Waals surface area contributed by atoms with Crippen molar-refractivity contribution in [1.29, 1.82) is 0 Å². The Morgan fingerprint density at radius 3 is 2.23 bits per heavy atom. The van der Waals surface area contributed by atoms with Crippen molar-refractivity contribution in [2.24, 2.45) is 0 Å².